The molecule has 0 saturated heterocycles. The quantitative estimate of drug-likeness (QED) is 0.506. The second kappa shape index (κ2) is 5.49. The van der Waals surface area contributed by atoms with E-state index < -0.39 is 10.8 Å². The SMILES string of the molecule is O=C(Nc1nc(Cl)ccc1[N+](=O)[O-])c1ccc(=O)[nH]c1. The highest BCUT2D eigenvalue weighted by Gasteiger charge is 2.18. The Labute approximate surface area is 116 Å². The van der Waals surface area contributed by atoms with Crippen molar-refractivity contribution in [1.82, 2.24) is 9.97 Å². The van der Waals surface area contributed by atoms with Crippen molar-refractivity contribution < 1.29 is 9.72 Å². The Morgan fingerprint density at radius 1 is 1.35 bits per heavy atom. The number of nitrogens with zero attached hydrogens (tertiary/aromatic N) is 2. The number of anilines is 1. The average Bonchev–Trinajstić information content (AvgIpc) is 2.39. The minimum absolute atomic E-state index is 0.00682. The summed E-state index contributed by atoms with van der Waals surface area (Å²) in [6.45, 7) is 0. The van der Waals surface area contributed by atoms with Crippen molar-refractivity contribution in [3.05, 3.63) is 61.6 Å². The lowest BCUT2D eigenvalue weighted by Gasteiger charge is -2.05. The Kier molecular flexibility index (Phi) is 3.76. The summed E-state index contributed by atoms with van der Waals surface area (Å²) < 4.78 is 0. The number of nitro groups is 1. The van der Waals surface area contributed by atoms with Gasteiger partial charge in [0.05, 0.1) is 10.5 Å². The smallest absolute Gasteiger partial charge is 0.311 e. The van der Waals surface area contributed by atoms with E-state index in [9.17, 15) is 19.7 Å². The molecule has 0 saturated carbocycles. The van der Waals surface area contributed by atoms with Crippen LogP contribution in [0.1, 0.15) is 10.4 Å². The van der Waals surface area contributed by atoms with Gasteiger partial charge in [-0.2, -0.15) is 0 Å². The second-order valence-electron chi connectivity index (χ2n) is 3.65. The van der Waals surface area contributed by atoms with E-state index in [2.05, 4.69) is 15.3 Å². The Morgan fingerprint density at radius 2 is 2.10 bits per heavy atom. The van der Waals surface area contributed by atoms with E-state index in [1.165, 1.54) is 18.3 Å². The summed E-state index contributed by atoms with van der Waals surface area (Å²) in [6.07, 6.45) is 1.19. The molecule has 0 aromatic carbocycles. The van der Waals surface area contributed by atoms with Crippen molar-refractivity contribution in [2.24, 2.45) is 0 Å². The molecule has 0 radical (unpaired) electrons. The summed E-state index contributed by atoms with van der Waals surface area (Å²) in [5.41, 5.74) is -0.624. The highest BCUT2D eigenvalue weighted by atomic mass is 35.5. The van der Waals surface area contributed by atoms with Gasteiger partial charge in [0.15, 0.2) is 0 Å². The van der Waals surface area contributed by atoms with E-state index >= 15 is 0 Å². The molecule has 2 aromatic heterocycles. The number of amides is 1. The summed E-state index contributed by atoms with van der Waals surface area (Å²) in [5, 5.41) is 13.1. The molecule has 0 aliphatic carbocycles. The van der Waals surface area contributed by atoms with Gasteiger partial charge in [0.1, 0.15) is 5.15 Å². The number of nitrogens with one attached hydrogen (secondary N) is 2. The first kappa shape index (κ1) is 13.7. The molecule has 2 rings (SSSR count). The number of carbonyl (C=O) groups excluding carboxylic acids is 1. The summed E-state index contributed by atoms with van der Waals surface area (Å²) in [7, 11) is 0. The third-order valence-electron chi connectivity index (χ3n) is 2.31. The largest absolute Gasteiger partial charge is 0.328 e. The van der Waals surface area contributed by atoms with Gasteiger partial charge in [-0.15, -0.1) is 0 Å². The van der Waals surface area contributed by atoms with Crippen LogP contribution in [0.3, 0.4) is 0 Å². The van der Waals surface area contributed by atoms with Crippen LogP contribution in [0.4, 0.5) is 11.5 Å². The van der Waals surface area contributed by atoms with Crippen molar-refractivity contribution in [2.45, 2.75) is 0 Å². The predicted molar refractivity (Wildman–Crippen MR) is 70.9 cm³/mol. The number of rotatable bonds is 3. The maximum absolute atomic E-state index is 11.9. The monoisotopic (exact) mass is 294 g/mol. The zero-order valence-electron chi connectivity index (χ0n) is 9.79. The zero-order chi connectivity index (χ0) is 14.7. The van der Waals surface area contributed by atoms with E-state index in [0.717, 1.165) is 12.1 Å². The number of carbonyl (C=O) groups is 1. The second-order valence-corrected chi connectivity index (χ2v) is 4.04. The molecule has 8 nitrogen and oxygen atoms in total. The molecule has 2 N–H and O–H groups in total. The minimum Gasteiger partial charge on any atom is -0.328 e. The van der Waals surface area contributed by atoms with Crippen LogP contribution < -0.4 is 10.9 Å². The van der Waals surface area contributed by atoms with Crippen molar-refractivity contribution in [2.75, 3.05) is 5.32 Å². The van der Waals surface area contributed by atoms with Gasteiger partial charge in [0.25, 0.3) is 5.91 Å². The number of H-pyrrole nitrogens is 1. The molecule has 0 fully saturated rings. The van der Waals surface area contributed by atoms with Crippen molar-refractivity contribution in [1.29, 1.82) is 0 Å². The van der Waals surface area contributed by atoms with Crippen LogP contribution in [0, 0.1) is 10.1 Å². The average molecular weight is 295 g/mol. The molecular formula is C11H7ClN4O4. The Balaban J connectivity index is 2.32. The van der Waals surface area contributed by atoms with Gasteiger partial charge in [-0.25, -0.2) is 4.98 Å². The molecule has 0 atom stereocenters. The normalized spacial score (nSPS) is 10.1. The van der Waals surface area contributed by atoms with Crippen LogP contribution in [-0.4, -0.2) is 20.8 Å². The van der Waals surface area contributed by atoms with Crippen LogP contribution in [0.15, 0.2) is 35.3 Å². The van der Waals surface area contributed by atoms with Crippen molar-refractivity contribution in [3.63, 3.8) is 0 Å². The molecule has 1 amide bonds. The summed E-state index contributed by atoms with van der Waals surface area (Å²) in [6, 6.07) is 4.83. The first-order chi connectivity index (χ1) is 9.47. The number of halogens is 1. The topological polar surface area (TPSA) is 118 Å². The maximum Gasteiger partial charge on any atom is 0.311 e. The van der Waals surface area contributed by atoms with Gasteiger partial charge in [-0.3, -0.25) is 19.7 Å². The third kappa shape index (κ3) is 2.98. The van der Waals surface area contributed by atoms with Gasteiger partial charge in [0.2, 0.25) is 11.4 Å². The molecule has 0 spiro atoms. The highest BCUT2D eigenvalue weighted by molar-refractivity contribution is 6.29. The molecule has 2 heterocycles. The molecule has 0 aliphatic rings. The van der Waals surface area contributed by atoms with E-state index in [1.807, 2.05) is 0 Å². The van der Waals surface area contributed by atoms with Gasteiger partial charge in [0, 0.05) is 18.3 Å². The summed E-state index contributed by atoms with van der Waals surface area (Å²) in [4.78, 5) is 38.9. The highest BCUT2D eigenvalue weighted by Crippen LogP contribution is 2.24. The van der Waals surface area contributed by atoms with E-state index in [-0.39, 0.29) is 27.8 Å². The Bertz CT molecular complexity index is 723. The van der Waals surface area contributed by atoms with Crippen LogP contribution in [-0.2, 0) is 0 Å². The summed E-state index contributed by atoms with van der Waals surface area (Å²) in [5.74, 6) is -0.919. The number of aromatic amines is 1. The third-order valence-corrected chi connectivity index (χ3v) is 2.53. The van der Waals surface area contributed by atoms with Gasteiger partial charge >= 0.3 is 5.69 Å². The minimum atomic E-state index is -0.689. The molecular weight excluding hydrogens is 288 g/mol. The predicted octanol–water partition coefficient (Wildman–Crippen LogP) is 1.58. The lowest BCUT2D eigenvalue weighted by Crippen LogP contribution is -2.16. The van der Waals surface area contributed by atoms with Crippen molar-refractivity contribution in [3.8, 4) is 0 Å². The number of pyridine rings is 2. The molecule has 0 unspecified atom stereocenters. The first-order valence-corrected chi connectivity index (χ1v) is 5.66. The summed E-state index contributed by atoms with van der Waals surface area (Å²) >= 11 is 5.64. The molecule has 2 aromatic rings. The van der Waals surface area contributed by atoms with E-state index in [4.69, 9.17) is 11.6 Å². The molecule has 0 aliphatic heterocycles. The molecule has 9 heteroatoms. The van der Waals surface area contributed by atoms with Gasteiger partial charge < -0.3 is 10.3 Å². The van der Waals surface area contributed by atoms with Gasteiger partial charge in [-0.05, 0) is 12.1 Å². The van der Waals surface area contributed by atoms with Crippen LogP contribution in [0.2, 0.25) is 5.15 Å². The zero-order valence-corrected chi connectivity index (χ0v) is 10.5. The number of hydrogen-bond acceptors (Lipinski definition) is 5. The van der Waals surface area contributed by atoms with Crippen LogP contribution in [0.25, 0.3) is 0 Å². The Hall–Kier alpha value is -2.74. The fourth-order valence-corrected chi connectivity index (χ4v) is 1.55. The van der Waals surface area contributed by atoms with Crippen LogP contribution in [0.5, 0.6) is 0 Å². The fourth-order valence-electron chi connectivity index (χ4n) is 1.40. The molecule has 0 bridgehead atoms. The van der Waals surface area contributed by atoms with E-state index in [0.29, 0.717) is 0 Å². The van der Waals surface area contributed by atoms with E-state index in [1.54, 1.807) is 0 Å². The number of hydrogen-bond donors (Lipinski definition) is 2. The first-order valence-electron chi connectivity index (χ1n) is 5.28. The Morgan fingerprint density at radius 3 is 2.70 bits per heavy atom. The fraction of sp³-hybridized carbons (Fsp3) is 0. The van der Waals surface area contributed by atoms with Gasteiger partial charge in [-0.1, -0.05) is 11.6 Å². The van der Waals surface area contributed by atoms with Crippen LogP contribution >= 0.6 is 11.6 Å². The standard InChI is InChI=1S/C11H7ClN4O4/c12-8-3-2-7(16(19)20)10(14-8)15-11(18)6-1-4-9(17)13-5-6/h1-5H,(H,13,17)(H,14,15,18). The molecule has 102 valence electrons. The lowest BCUT2D eigenvalue weighted by molar-refractivity contribution is -0.384. The number of aromatic nitrogens is 2. The maximum atomic E-state index is 11.9. The lowest BCUT2D eigenvalue weighted by atomic mass is 10.2. The van der Waals surface area contributed by atoms with Crippen molar-refractivity contribution >= 4 is 29.0 Å². The molecule has 20 heavy (non-hydrogen) atoms.